The van der Waals surface area contributed by atoms with Crippen molar-refractivity contribution in [2.45, 2.75) is 101 Å². The van der Waals surface area contributed by atoms with E-state index in [9.17, 15) is 84.9 Å². The molecular formula is C51H86N6O17. The van der Waals surface area contributed by atoms with Gasteiger partial charge in [0.1, 0.15) is 18.3 Å². The molecule has 2 aromatic rings. The van der Waals surface area contributed by atoms with E-state index in [1.807, 2.05) is 27.7 Å². The van der Waals surface area contributed by atoms with Crippen molar-refractivity contribution in [3.8, 4) is 0 Å². The number of amides is 6. The first-order chi connectivity index (χ1) is 35.0. The lowest BCUT2D eigenvalue weighted by atomic mass is 9.88. The van der Waals surface area contributed by atoms with E-state index in [-0.39, 0.29) is 119 Å². The average molecular weight is 1060 g/mol. The van der Waals surface area contributed by atoms with Crippen LogP contribution in [0.1, 0.15) is 116 Å². The van der Waals surface area contributed by atoms with E-state index in [1.54, 1.807) is 0 Å². The van der Waals surface area contributed by atoms with Gasteiger partial charge < -0.3 is 85.6 Å². The van der Waals surface area contributed by atoms with Crippen molar-refractivity contribution in [1.29, 1.82) is 0 Å². The van der Waals surface area contributed by atoms with Crippen LogP contribution in [0.5, 0.6) is 0 Å². The van der Waals surface area contributed by atoms with Gasteiger partial charge in [-0.05, 0) is 74.9 Å². The van der Waals surface area contributed by atoms with Crippen LogP contribution in [0.4, 0.5) is 11.4 Å². The van der Waals surface area contributed by atoms with Gasteiger partial charge in [0.2, 0.25) is 11.8 Å². The molecule has 2 aromatic carbocycles. The van der Waals surface area contributed by atoms with Crippen LogP contribution in [0, 0.1) is 41.5 Å². The van der Waals surface area contributed by atoms with Gasteiger partial charge >= 0.3 is 0 Å². The Bertz CT molecular complexity index is 1880. The van der Waals surface area contributed by atoms with Gasteiger partial charge in [-0.3, -0.25) is 28.8 Å². The summed E-state index contributed by atoms with van der Waals surface area (Å²) in [7, 11) is 0. The third-order valence-electron chi connectivity index (χ3n) is 12.2. The standard InChI is InChI=1S/C47H74N6O17.2C2H6/c1-27-37(44(67)48(9-17-54)10-18-55)29(3)41(30(4)38(27)45(68)49(11-19-56)12-20-57)52(33(7)62)25-35(64)43(66)36(65)26-53(34(8)63)42-31(5)39(46(69)50(13-21-58)14-22-59)28(2)40(32(42)6)47(70)51(15-23-60)16-24-61;2*1-2/h35-36,43,54-61,64-66H,9-26H2,1-8H3;2*1-2H3. The van der Waals surface area contributed by atoms with E-state index >= 15 is 0 Å². The van der Waals surface area contributed by atoms with Gasteiger partial charge in [0, 0.05) is 88.5 Å². The van der Waals surface area contributed by atoms with Gasteiger partial charge in [-0.2, -0.15) is 0 Å². The molecule has 23 heteroatoms. The van der Waals surface area contributed by atoms with Crippen LogP contribution >= 0.6 is 0 Å². The van der Waals surface area contributed by atoms with Gasteiger partial charge in [-0.25, -0.2) is 0 Å². The zero-order valence-corrected chi connectivity index (χ0v) is 45.5. The fraction of sp³-hybridized carbons (Fsp3) is 0.647. The normalized spacial score (nSPS) is 12.0. The number of carbonyl (C=O) groups is 6. The molecule has 0 aliphatic carbocycles. The second-order valence-corrected chi connectivity index (χ2v) is 16.8. The van der Waals surface area contributed by atoms with Crippen molar-refractivity contribution in [2.75, 3.05) is 128 Å². The number of aliphatic hydroxyl groups excluding tert-OH is 11. The van der Waals surface area contributed by atoms with Gasteiger partial charge in [0.25, 0.3) is 23.6 Å². The Morgan fingerprint density at radius 1 is 0.351 bits per heavy atom. The molecule has 0 aromatic heterocycles. The minimum atomic E-state index is -2.16. The third-order valence-corrected chi connectivity index (χ3v) is 12.2. The zero-order valence-electron chi connectivity index (χ0n) is 45.5. The molecule has 2 unspecified atom stereocenters. The highest BCUT2D eigenvalue weighted by atomic mass is 16.4. The smallest absolute Gasteiger partial charge is 0.254 e. The number of anilines is 2. The maximum Gasteiger partial charge on any atom is 0.254 e. The molecule has 0 heterocycles. The number of carbonyl (C=O) groups excluding carboxylic acids is 6. The summed E-state index contributed by atoms with van der Waals surface area (Å²) in [5, 5.41) is 113. The number of hydrogen-bond donors (Lipinski definition) is 11. The fourth-order valence-electron chi connectivity index (χ4n) is 8.96. The number of nitrogens with zero attached hydrogens (tertiary/aromatic N) is 6. The van der Waals surface area contributed by atoms with E-state index in [0.29, 0.717) is 0 Å². The van der Waals surface area contributed by atoms with E-state index in [4.69, 9.17) is 0 Å². The Balaban J connectivity index is 0.0000130. The molecule has 23 nitrogen and oxygen atoms in total. The number of aliphatic hydroxyl groups is 11. The summed E-state index contributed by atoms with van der Waals surface area (Å²) in [6.45, 7) is 11.7. The molecule has 0 saturated heterocycles. The van der Waals surface area contributed by atoms with Gasteiger partial charge in [0.15, 0.2) is 0 Å². The molecule has 0 aliphatic heterocycles. The molecule has 0 aliphatic rings. The maximum atomic E-state index is 14.2. The number of hydrogen-bond acceptors (Lipinski definition) is 17. The van der Waals surface area contributed by atoms with Crippen LogP contribution in [0.3, 0.4) is 0 Å². The van der Waals surface area contributed by atoms with E-state index in [0.717, 1.165) is 43.2 Å². The van der Waals surface area contributed by atoms with E-state index < -0.39 is 120 Å². The fourth-order valence-corrected chi connectivity index (χ4v) is 8.96. The topological polar surface area (TPSA) is 344 Å². The van der Waals surface area contributed by atoms with Crippen LogP contribution < -0.4 is 9.80 Å². The highest BCUT2D eigenvalue weighted by Crippen LogP contribution is 2.38. The Morgan fingerprint density at radius 2 is 0.527 bits per heavy atom. The van der Waals surface area contributed by atoms with Crippen molar-refractivity contribution in [2.24, 2.45) is 0 Å². The molecule has 0 fully saturated rings. The summed E-state index contributed by atoms with van der Waals surface area (Å²) >= 11 is 0. The molecule has 2 atom stereocenters. The predicted molar refractivity (Wildman–Crippen MR) is 278 cm³/mol. The predicted octanol–water partition coefficient (Wildman–Crippen LogP) is -1.21. The molecule has 11 N–H and O–H groups in total. The highest BCUT2D eigenvalue weighted by molar-refractivity contribution is 6.09. The van der Waals surface area contributed by atoms with E-state index in [2.05, 4.69) is 0 Å². The molecular weight excluding hydrogens is 969 g/mol. The van der Waals surface area contributed by atoms with Crippen LogP contribution in [-0.4, -0.2) is 248 Å². The van der Waals surface area contributed by atoms with Crippen LogP contribution in [0.2, 0.25) is 0 Å². The second-order valence-electron chi connectivity index (χ2n) is 16.8. The average Bonchev–Trinajstić information content (AvgIpc) is 3.35. The van der Waals surface area contributed by atoms with Gasteiger partial charge in [0.05, 0.1) is 77.3 Å². The lowest BCUT2D eigenvalue weighted by Crippen LogP contribution is -2.51. The lowest BCUT2D eigenvalue weighted by Gasteiger charge is -2.35. The summed E-state index contributed by atoms with van der Waals surface area (Å²) in [6, 6.07) is 0. The molecule has 0 saturated carbocycles. The summed E-state index contributed by atoms with van der Waals surface area (Å²) in [6.07, 6.45) is -6.22. The largest absolute Gasteiger partial charge is 0.395 e. The molecule has 6 amide bonds. The summed E-state index contributed by atoms with van der Waals surface area (Å²) in [5.74, 6) is -4.50. The summed E-state index contributed by atoms with van der Waals surface area (Å²) < 4.78 is 0. The maximum absolute atomic E-state index is 14.2. The Hall–Kier alpha value is -5.18. The van der Waals surface area contributed by atoms with Crippen molar-refractivity contribution in [3.05, 3.63) is 55.6 Å². The Morgan fingerprint density at radius 3 is 0.676 bits per heavy atom. The monoisotopic (exact) mass is 1050 g/mol. The third kappa shape index (κ3) is 16.9. The Labute approximate surface area is 435 Å². The van der Waals surface area contributed by atoms with Crippen LogP contribution in [0.15, 0.2) is 0 Å². The lowest BCUT2D eigenvalue weighted by molar-refractivity contribution is -0.117. The molecule has 74 heavy (non-hydrogen) atoms. The minimum Gasteiger partial charge on any atom is -0.395 e. The first kappa shape index (κ1) is 68.8. The zero-order chi connectivity index (χ0) is 57.3. The van der Waals surface area contributed by atoms with Gasteiger partial charge in [-0.1, -0.05) is 27.7 Å². The molecule has 422 valence electrons. The second kappa shape index (κ2) is 34.4. The number of rotatable bonds is 28. The molecule has 0 bridgehead atoms. The first-order valence-corrected chi connectivity index (χ1v) is 25.0. The van der Waals surface area contributed by atoms with Gasteiger partial charge in [-0.15, -0.1) is 0 Å². The summed E-state index contributed by atoms with van der Waals surface area (Å²) in [5.41, 5.74) is 0.142. The van der Waals surface area contributed by atoms with Crippen molar-refractivity contribution in [3.63, 3.8) is 0 Å². The minimum absolute atomic E-state index is 0.0648. The van der Waals surface area contributed by atoms with Crippen molar-refractivity contribution < 1.29 is 84.9 Å². The molecule has 0 radical (unpaired) electrons. The van der Waals surface area contributed by atoms with E-state index in [1.165, 1.54) is 41.5 Å². The molecule has 0 spiro atoms. The van der Waals surface area contributed by atoms with Crippen LogP contribution in [0.25, 0.3) is 0 Å². The highest BCUT2D eigenvalue weighted by Gasteiger charge is 2.37. The number of benzene rings is 2. The first-order valence-electron chi connectivity index (χ1n) is 25.0. The molecule has 2 rings (SSSR count). The quantitative estimate of drug-likeness (QED) is 0.0476. The summed E-state index contributed by atoms with van der Waals surface area (Å²) in [4.78, 5) is 90.8. The Kier molecular flexibility index (Phi) is 32.0. The van der Waals surface area contributed by atoms with Crippen LogP contribution in [-0.2, 0) is 9.59 Å². The van der Waals surface area contributed by atoms with Crippen molar-refractivity contribution in [1.82, 2.24) is 19.6 Å². The van der Waals surface area contributed by atoms with Crippen molar-refractivity contribution >= 4 is 46.8 Å². The SMILES string of the molecule is CC.CC.CC(=O)N(CC(O)C(O)C(O)CN(C(C)=O)c1c(C)c(C(=O)N(CCO)CCO)c(C)c(C(=O)N(CCO)CCO)c1C)c1c(C)c(C(=O)N(CCO)CCO)c(C)c(C(=O)N(CCO)CCO)c1C.